The molecule has 12 heteroatoms. The van der Waals surface area contributed by atoms with Gasteiger partial charge in [-0.2, -0.15) is 13.2 Å². The number of halogens is 3. The van der Waals surface area contributed by atoms with Crippen molar-refractivity contribution in [2.24, 2.45) is 10.3 Å². The van der Waals surface area contributed by atoms with E-state index in [1.165, 1.54) is 29.3 Å². The van der Waals surface area contributed by atoms with Crippen LogP contribution in [0.5, 0.6) is 0 Å². The predicted molar refractivity (Wildman–Crippen MR) is 107 cm³/mol. The summed E-state index contributed by atoms with van der Waals surface area (Å²) in [6.07, 6.45) is 0.588. The number of carbonyl (C=O) groups is 2. The highest BCUT2D eigenvalue weighted by atomic mass is 32.2. The molecule has 4 rings (SSSR count). The summed E-state index contributed by atoms with van der Waals surface area (Å²) >= 11 is 0. The van der Waals surface area contributed by atoms with Crippen LogP contribution in [-0.2, 0) is 25.8 Å². The molecule has 1 aliphatic carbocycles. The number of amidine groups is 1. The largest absolute Gasteiger partial charge is 0.418 e. The first kappa shape index (κ1) is 21.1. The van der Waals surface area contributed by atoms with Gasteiger partial charge in [-0.05, 0) is 43.2 Å². The van der Waals surface area contributed by atoms with Gasteiger partial charge in [-0.3, -0.25) is 9.59 Å². The van der Waals surface area contributed by atoms with Gasteiger partial charge in [0.05, 0.1) is 22.6 Å². The van der Waals surface area contributed by atoms with E-state index in [1.807, 2.05) is 0 Å². The molecule has 2 amide bonds. The van der Waals surface area contributed by atoms with Crippen LogP contribution in [0, 0.1) is 5.92 Å². The molecule has 2 N–H and O–H groups in total. The molecule has 1 saturated carbocycles. The number of benzene rings is 1. The lowest BCUT2D eigenvalue weighted by molar-refractivity contribution is -0.137. The Labute approximate surface area is 175 Å². The summed E-state index contributed by atoms with van der Waals surface area (Å²) in [5.74, 6) is -1.40. The number of sulfonamides is 1. The van der Waals surface area contributed by atoms with Crippen molar-refractivity contribution in [2.75, 3.05) is 22.9 Å². The average Bonchev–Trinajstić information content (AvgIpc) is 3.52. The van der Waals surface area contributed by atoms with E-state index >= 15 is 0 Å². The van der Waals surface area contributed by atoms with Crippen LogP contribution in [0.1, 0.15) is 18.4 Å². The molecular weight excluding hydrogens is 437 g/mol. The fraction of sp³-hybridized carbons (Fsp3) is 0.316. The minimum absolute atomic E-state index is 0.00520. The number of hydrogen-bond donors (Lipinski definition) is 2. The van der Waals surface area contributed by atoms with E-state index in [9.17, 15) is 31.2 Å². The third kappa shape index (κ3) is 4.79. The Bertz CT molecular complexity index is 1150. The van der Waals surface area contributed by atoms with Crippen molar-refractivity contribution in [1.82, 2.24) is 4.90 Å². The zero-order valence-corrected chi connectivity index (χ0v) is 16.8. The summed E-state index contributed by atoms with van der Waals surface area (Å²) in [4.78, 5) is 25.8. The molecule has 0 atom stereocenters. The van der Waals surface area contributed by atoms with Crippen LogP contribution in [0.25, 0.3) is 0 Å². The summed E-state index contributed by atoms with van der Waals surface area (Å²) in [5, 5.41) is 4.69. The molecule has 0 spiro atoms. The zero-order chi connectivity index (χ0) is 22.4. The standard InChI is InChI=1S/C19H17F3N4O4S/c20-19(21,22)14-9-13(23-17(27)11-1-2-11)4-5-15(14)24-18(28)12-3-6-16-25-31(29,30)8-7-26(16)10-12/h3-6,9-11H,1-2,7-8H2,(H,23,27)(H,24,28). The maximum Gasteiger partial charge on any atom is 0.418 e. The maximum atomic E-state index is 13.5. The molecule has 164 valence electrons. The molecule has 31 heavy (non-hydrogen) atoms. The molecule has 2 heterocycles. The number of fused-ring (bicyclic) bond motifs is 1. The van der Waals surface area contributed by atoms with Crippen LogP contribution in [0.3, 0.4) is 0 Å². The third-order valence-electron chi connectivity index (χ3n) is 4.87. The second-order valence-corrected chi connectivity index (χ2v) is 9.08. The van der Waals surface area contributed by atoms with Gasteiger partial charge in [0, 0.05) is 24.4 Å². The lowest BCUT2D eigenvalue weighted by atomic mass is 10.1. The van der Waals surface area contributed by atoms with Gasteiger partial charge in [0.15, 0.2) is 0 Å². The van der Waals surface area contributed by atoms with Crippen LogP contribution in [-0.4, -0.2) is 43.3 Å². The molecule has 0 radical (unpaired) electrons. The van der Waals surface area contributed by atoms with Crippen molar-refractivity contribution < 1.29 is 31.2 Å². The van der Waals surface area contributed by atoms with Crippen molar-refractivity contribution in [1.29, 1.82) is 0 Å². The molecule has 8 nitrogen and oxygen atoms in total. The van der Waals surface area contributed by atoms with Crippen LogP contribution >= 0.6 is 0 Å². The van der Waals surface area contributed by atoms with Gasteiger partial charge in [0.2, 0.25) is 5.91 Å². The Morgan fingerprint density at radius 3 is 2.55 bits per heavy atom. The van der Waals surface area contributed by atoms with Crippen LogP contribution in [0.4, 0.5) is 24.5 Å². The van der Waals surface area contributed by atoms with E-state index in [0.717, 1.165) is 12.1 Å². The molecule has 1 fully saturated rings. The van der Waals surface area contributed by atoms with Gasteiger partial charge in [-0.25, -0.2) is 8.42 Å². The number of nitrogens with one attached hydrogen (secondary N) is 2. The minimum Gasteiger partial charge on any atom is -0.330 e. The van der Waals surface area contributed by atoms with E-state index < -0.39 is 33.4 Å². The van der Waals surface area contributed by atoms with E-state index in [-0.39, 0.29) is 41.2 Å². The smallest absolute Gasteiger partial charge is 0.330 e. The molecule has 0 saturated heterocycles. The van der Waals surface area contributed by atoms with Crippen LogP contribution < -0.4 is 10.6 Å². The highest BCUT2D eigenvalue weighted by Gasteiger charge is 2.35. The molecule has 2 aliphatic heterocycles. The first-order valence-corrected chi connectivity index (χ1v) is 11.0. The molecule has 0 aromatic heterocycles. The first-order valence-electron chi connectivity index (χ1n) is 9.34. The topological polar surface area (TPSA) is 108 Å². The SMILES string of the molecule is O=C(Nc1ccc(NC(=O)C2CC2)cc1C(F)(F)F)C1=CN2CCS(=O)(=O)N=C2C=C1. The molecule has 1 aromatic rings. The monoisotopic (exact) mass is 454 g/mol. The van der Waals surface area contributed by atoms with E-state index in [4.69, 9.17) is 0 Å². The number of anilines is 2. The van der Waals surface area contributed by atoms with Gasteiger partial charge in [-0.1, -0.05) is 0 Å². The van der Waals surface area contributed by atoms with Crippen molar-refractivity contribution in [3.05, 3.63) is 47.7 Å². The highest BCUT2D eigenvalue weighted by Crippen LogP contribution is 2.37. The number of hydrogen-bond acceptors (Lipinski definition) is 5. The number of carbonyl (C=O) groups excluding carboxylic acids is 2. The van der Waals surface area contributed by atoms with E-state index in [2.05, 4.69) is 15.0 Å². The summed E-state index contributed by atoms with van der Waals surface area (Å²) in [6.45, 7) is 0.0749. The Kier molecular flexibility index (Phi) is 5.12. The van der Waals surface area contributed by atoms with Crippen LogP contribution in [0.15, 0.2) is 46.5 Å². The summed E-state index contributed by atoms with van der Waals surface area (Å²) in [5.41, 5.74) is -1.52. The second-order valence-electron chi connectivity index (χ2n) is 7.32. The number of alkyl halides is 3. The zero-order valence-electron chi connectivity index (χ0n) is 15.9. The Balaban J connectivity index is 1.54. The minimum atomic E-state index is -4.76. The van der Waals surface area contributed by atoms with Gasteiger partial charge in [0.25, 0.3) is 15.9 Å². The van der Waals surface area contributed by atoms with Gasteiger partial charge in [0.1, 0.15) is 5.84 Å². The second kappa shape index (κ2) is 7.52. The summed E-state index contributed by atoms with van der Waals surface area (Å²) in [7, 11) is -3.57. The predicted octanol–water partition coefficient (Wildman–Crippen LogP) is 2.49. The number of nitrogens with zero attached hydrogens (tertiary/aromatic N) is 2. The number of amides is 2. The number of rotatable bonds is 4. The Morgan fingerprint density at radius 1 is 1.13 bits per heavy atom. The molecule has 0 bridgehead atoms. The normalized spacial score (nSPS) is 19.8. The van der Waals surface area contributed by atoms with Crippen molar-refractivity contribution >= 4 is 39.0 Å². The van der Waals surface area contributed by atoms with Gasteiger partial charge >= 0.3 is 6.18 Å². The van der Waals surface area contributed by atoms with Crippen molar-refractivity contribution in [2.45, 2.75) is 19.0 Å². The van der Waals surface area contributed by atoms with Gasteiger partial charge < -0.3 is 15.5 Å². The molecule has 1 aromatic carbocycles. The first-order chi connectivity index (χ1) is 14.5. The fourth-order valence-electron chi connectivity index (χ4n) is 3.09. The fourth-order valence-corrected chi connectivity index (χ4v) is 4.05. The lowest BCUT2D eigenvalue weighted by Crippen LogP contribution is -2.37. The Hall–Kier alpha value is -3.15. The van der Waals surface area contributed by atoms with Gasteiger partial charge in [-0.15, -0.1) is 4.40 Å². The summed E-state index contributed by atoms with van der Waals surface area (Å²) in [6, 6.07) is 3.15. The Morgan fingerprint density at radius 2 is 1.87 bits per heavy atom. The van der Waals surface area contributed by atoms with Crippen LogP contribution in [0.2, 0.25) is 0 Å². The third-order valence-corrected chi connectivity index (χ3v) is 6.04. The molecule has 3 aliphatic rings. The highest BCUT2D eigenvalue weighted by molar-refractivity contribution is 7.90. The van der Waals surface area contributed by atoms with Crippen molar-refractivity contribution in [3.8, 4) is 0 Å². The quantitative estimate of drug-likeness (QED) is 0.727. The summed E-state index contributed by atoms with van der Waals surface area (Å²) < 4.78 is 67.3. The maximum absolute atomic E-state index is 13.5. The van der Waals surface area contributed by atoms with Crippen molar-refractivity contribution in [3.63, 3.8) is 0 Å². The molecular formula is C19H17F3N4O4S. The van der Waals surface area contributed by atoms with E-state index in [0.29, 0.717) is 12.8 Å². The lowest BCUT2D eigenvalue weighted by Gasteiger charge is -2.27. The van der Waals surface area contributed by atoms with E-state index in [1.54, 1.807) is 0 Å². The average molecular weight is 454 g/mol. The molecule has 0 unspecified atom stereocenters.